The van der Waals surface area contributed by atoms with E-state index in [1.165, 1.54) is 20.6 Å². The summed E-state index contributed by atoms with van der Waals surface area (Å²) in [4.78, 5) is 0. The monoisotopic (exact) mass is 454 g/mol. The Kier molecular flexibility index (Phi) is 10.1. The Balaban J connectivity index is 0.00000225. The van der Waals surface area contributed by atoms with E-state index in [-0.39, 0.29) is 48.1 Å². The van der Waals surface area contributed by atoms with Crippen molar-refractivity contribution in [3.63, 3.8) is 0 Å². The third kappa shape index (κ3) is 4.57. The van der Waals surface area contributed by atoms with Gasteiger partial charge in [-0.25, -0.2) is 0 Å². The van der Waals surface area contributed by atoms with Crippen LogP contribution in [0.4, 0.5) is 0 Å². The molecule has 2 aromatic carbocycles. The fraction of sp³-hybridized carbons (Fsp3) is 0.304. The van der Waals surface area contributed by atoms with Crippen LogP contribution in [0, 0.1) is 5.41 Å². The molecule has 2 aromatic rings. The second-order valence-electron chi connectivity index (χ2n) is 7.66. The minimum atomic E-state index is -0.117. The molecule has 4 heteroatoms. The Bertz CT molecular complexity index is 748. The average Bonchev–Trinajstić information content (AvgIpc) is 2.89. The molecule has 0 amide bonds. The van der Waals surface area contributed by atoms with Crippen LogP contribution in [0.15, 0.2) is 81.8 Å². The Hall–Kier alpha value is -0.496. The Labute approximate surface area is 194 Å². The topological polar surface area (TPSA) is 0 Å². The molecule has 142 valence electrons. The van der Waals surface area contributed by atoms with E-state index in [0.29, 0.717) is 0 Å². The molecule has 0 bridgehead atoms. The fourth-order valence-electron chi connectivity index (χ4n) is 4.32. The van der Waals surface area contributed by atoms with E-state index in [2.05, 4.69) is 115 Å². The number of rotatable bonds is 3. The van der Waals surface area contributed by atoms with Crippen LogP contribution >= 0.6 is 0 Å². The maximum Gasteiger partial charge on any atom is -1.00 e. The predicted octanol–water partition coefficient (Wildman–Crippen LogP) is -2.82. The molecule has 0 fully saturated rings. The molecular formula is C23H25Cl3Ti. The summed E-state index contributed by atoms with van der Waals surface area (Å²) in [6.45, 7) is 9.42. The molecule has 0 N–H and O–H groups in total. The van der Waals surface area contributed by atoms with Gasteiger partial charge < -0.3 is 37.2 Å². The summed E-state index contributed by atoms with van der Waals surface area (Å²) in [5, 5.41) is 0. The van der Waals surface area contributed by atoms with Gasteiger partial charge in [-0.15, -0.1) is 0 Å². The first-order valence-electron chi connectivity index (χ1n) is 8.62. The van der Waals surface area contributed by atoms with Crippen molar-refractivity contribution in [3.8, 4) is 0 Å². The quantitative estimate of drug-likeness (QED) is 0.438. The summed E-state index contributed by atoms with van der Waals surface area (Å²) in [5.41, 5.74) is 5.73. The minimum absolute atomic E-state index is 0. The first-order chi connectivity index (χ1) is 11.4. The van der Waals surface area contributed by atoms with Crippen molar-refractivity contribution in [1.82, 2.24) is 0 Å². The predicted molar refractivity (Wildman–Crippen MR) is 98.5 cm³/mol. The summed E-state index contributed by atoms with van der Waals surface area (Å²) in [7, 11) is 0. The molecule has 0 radical (unpaired) electrons. The van der Waals surface area contributed by atoms with Crippen LogP contribution in [0.25, 0.3) is 0 Å². The smallest absolute Gasteiger partial charge is 1.00 e. The normalized spacial score (nSPS) is 13.9. The van der Waals surface area contributed by atoms with Crippen molar-refractivity contribution < 1.29 is 57.7 Å². The summed E-state index contributed by atoms with van der Waals surface area (Å²) in [6.07, 6.45) is 3.43. The zero-order valence-corrected chi connectivity index (χ0v) is 20.0. The van der Waals surface area contributed by atoms with Crippen molar-refractivity contribution in [3.05, 3.63) is 92.9 Å². The van der Waals surface area contributed by atoms with E-state index in [9.17, 15) is 0 Å². The standard InChI is InChI=1S/C23H25.3ClH.Ti/c1-18-12-11-17-21(18)23(22(2,3)4,19-13-7-5-8-14-19)20-15-9-6-10-16-20;;;;/h5-11,13-16H,17H2,1-4H3;3*1H;/q;;;;+3/p-3. The molecule has 27 heavy (non-hydrogen) atoms. The molecule has 0 spiro atoms. The van der Waals surface area contributed by atoms with Crippen LogP contribution in [0.2, 0.25) is 0 Å². The Morgan fingerprint density at radius 2 is 1.15 bits per heavy atom. The van der Waals surface area contributed by atoms with Crippen molar-refractivity contribution >= 4 is 0 Å². The van der Waals surface area contributed by atoms with E-state index in [1.54, 1.807) is 5.57 Å². The molecule has 1 aliphatic carbocycles. The second kappa shape index (κ2) is 10.3. The molecule has 0 nitrogen and oxygen atoms in total. The zero-order chi connectivity index (χ0) is 17.4. The molecular weight excluding hydrogens is 430 g/mol. The molecule has 0 saturated heterocycles. The number of allylic oxidation sites excluding steroid dienone is 4. The Morgan fingerprint density at radius 1 is 0.741 bits per heavy atom. The van der Waals surface area contributed by atoms with Crippen molar-refractivity contribution in [1.29, 1.82) is 0 Å². The van der Waals surface area contributed by atoms with Gasteiger partial charge in [0.25, 0.3) is 0 Å². The SMILES string of the molecule is CC1=C(C(c2ccccc2)(c2ccccc2)C(C)(C)C)CC=[C]1[Ti+3].[Cl-].[Cl-].[Cl-]. The van der Waals surface area contributed by atoms with E-state index in [0.717, 1.165) is 6.42 Å². The van der Waals surface area contributed by atoms with Crippen molar-refractivity contribution in [2.75, 3.05) is 0 Å². The fourth-order valence-corrected chi connectivity index (χ4v) is 4.71. The van der Waals surface area contributed by atoms with Crippen LogP contribution in [-0.4, -0.2) is 0 Å². The van der Waals surface area contributed by atoms with Gasteiger partial charge in [0, 0.05) is 0 Å². The maximum absolute atomic E-state index is 2.39. The van der Waals surface area contributed by atoms with Crippen LogP contribution in [0.1, 0.15) is 45.2 Å². The van der Waals surface area contributed by atoms with Gasteiger partial charge in [-0.3, -0.25) is 0 Å². The van der Waals surface area contributed by atoms with Gasteiger partial charge in [-0.1, -0.05) is 0 Å². The first-order valence-corrected chi connectivity index (χ1v) is 9.40. The third-order valence-corrected chi connectivity index (χ3v) is 6.26. The van der Waals surface area contributed by atoms with Gasteiger partial charge in [0.2, 0.25) is 0 Å². The largest absolute Gasteiger partial charge is 1.00 e. The van der Waals surface area contributed by atoms with E-state index in [4.69, 9.17) is 0 Å². The minimum Gasteiger partial charge on any atom is -1.00 e. The number of hydrogen-bond donors (Lipinski definition) is 0. The van der Waals surface area contributed by atoms with Gasteiger partial charge in [0.1, 0.15) is 0 Å². The molecule has 3 rings (SSSR count). The Morgan fingerprint density at radius 3 is 1.44 bits per heavy atom. The van der Waals surface area contributed by atoms with Gasteiger partial charge >= 0.3 is 158 Å². The summed E-state index contributed by atoms with van der Waals surface area (Å²) < 4.78 is 1.42. The van der Waals surface area contributed by atoms with Crippen LogP contribution in [0.3, 0.4) is 0 Å². The van der Waals surface area contributed by atoms with Crippen LogP contribution in [0.5, 0.6) is 0 Å². The van der Waals surface area contributed by atoms with E-state index < -0.39 is 0 Å². The molecule has 0 atom stereocenters. The zero-order valence-electron chi connectivity index (χ0n) is 16.2. The van der Waals surface area contributed by atoms with E-state index >= 15 is 0 Å². The van der Waals surface area contributed by atoms with Crippen LogP contribution < -0.4 is 37.2 Å². The summed E-state index contributed by atoms with van der Waals surface area (Å²) >= 11 is 2.24. The molecule has 0 unspecified atom stereocenters. The van der Waals surface area contributed by atoms with Crippen molar-refractivity contribution in [2.45, 2.75) is 39.5 Å². The molecule has 0 heterocycles. The molecule has 1 aliphatic rings. The molecule has 0 aliphatic heterocycles. The van der Waals surface area contributed by atoms with Gasteiger partial charge in [0.15, 0.2) is 0 Å². The second-order valence-corrected chi connectivity index (χ2v) is 8.50. The molecule has 0 aromatic heterocycles. The van der Waals surface area contributed by atoms with Crippen LogP contribution in [-0.2, 0) is 25.9 Å². The third-order valence-electron chi connectivity index (χ3n) is 5.36. The number of halogens is 3. The van der Waals surface area contributed by atoms with E-state index in [1.807, 2.05) is 0 Å². The van der Waals surface area contributed by atoms with Crippen molar-refractivity contribution in [2.24, 2.45) is 5.41 Å². The van der Waals surface area contributed by atoms with Gasteiger partial charge in [-0.05, 0) is 0 Å². The summed E-state index contributed by atoms with van der Waals surface area (Å²) in [5.74, 6) is 0. The maximum atomic E-state index is 2.39. The molecule has 0 saturated carbocycles. The van der Waals surface area contributed by atoms with Gasteiger partial charge in [0.05, 0.1) is 0 Å². The average molecular weight is 456 g/mol. The first kappa shape index (κ1) is 26.5. The van der Waals surface area contributed by atoms with Gasteiger partial charge in [-0.2, -0.15) is 0 Å². The number of benzene rings is 2. The summed E-state index contributed by atoms with van der Waals surface area (Å²) in [6, 6.07) is 22.1. The number of hydrogen-bond acceptors (Lipinski definition) is 0.